The van der Waals surface area contributed by atoms with Crippen LogP contribution in [0.25, 0.3) is 0 Å². The molecule has 100 valence electrons. The fraction of sp³-hybridized carbons (Fsp3) is 1.00. The van der Waals surface area contributed by atoms with Crippen LogP contribution < -0.4 is 11.1 Å². The normalized spacial score (nSPS) is 34.2. The fourth-order valence-corrected chi connectivity index (χ4v) is 3.34. The molecule has 2 fully saturated rings. The molecule has 2 aliphatic rings. The Morgan fingerprint density at radius 2 is 2.00 bits per heavy atom. The molecule has 2 unspecified atom stereocenters. The molecule has 0 aromatic carbocycles. The van der Waals surface area contributed by atoms with Gasteiger partial charge in [-0.25, -0.2) is 0 Å². The predicted molar refractivity (Wildman–Crippen MR) is 73.0 cm³/mol. The van der Waals surface area contributed by atoms with Crippen molar-refractivity contribution >= 4 is 0 Å². The lowest BCUT2D eigenvalue weighted by molar-refractivity contribution is 0.166. The first kappa shape index (κ1) is 13.3. The molecule has 17 heavy (non-hydrogen) atoms. The summed E-state index contributed by atoms with van der Waals surface area (Å²) in [7, 11) is 4.26. The van der Waals surface area contributed by atoms with Crippen LogP contribution in [0.2, 0.25) is 0 Å². The maximum Gasteiger partial charge on any atom is 0.0307 e. The lowest BCUT2D eigenvalue weighted by Gasteiger charge is -2.41. The van der Waals surface area contributed by atoms with Gasteiger partial charge in [0.15, 0.2) is 0 Å². The number of nitrogens with one attached hydrogen (secondary N) is 1. The molecule has 3 nitrogen and oxygen atoms in total. The van der Waals surface area contributed by atoms with E-state index < -0.39 is 0 Å². The van der Waals surface area contributed by atoms with Crippen LogP contribution >= 0.6 is 0 Å². The first-order valence-corrected chi connectivity index (χ1v) is 7.25. The average Bonchev–Trinajstić information content (AvgIpc) is 3.13. The minimum Gasteiger partial charge on any atom is -0.329 e. The Kier molecular flexibility index (Phi) is 4.45. The van der Waals surface area contributed by atoms with Crippen molar-refractivity contribution in [3.8, 4) is 0 Å². The number of likely N-dealkylation sites (N-methyl/N-ethyl adjacent to an activating group) is 1. The maximum atomic E-state index is 6.06. The molecule has 0 amide bonds. The Hall–Kier alpha value is -0.120. The number of hydrogen-bond donors (Lipinski definition) is 2. The van der Waals surface area contributed by atoms with E-state index in [-0.39, 0.29) is 5.54 Å². The molecule has 0 aliphatic heterocycles. The van der Waals surface area contributed by atoms with Crippen molar-refractivity contribution in [3.05, 3.63) is 0 Å². The third-order valence-corrected chi connectivity index (χ3v) is 4.62. The van der Waals surface area contributed by atoms with Crippen molar-refractivity contribution in [1.29, 1.82) is 0 Å². The SMILES string of the molecule is CN(C)CCNC1(CN)CCCC(C2CC2)C1. The van der Waals surface area contributed by atoms with Crippen LogP contribution in [0.3, 0.4) is 0 Å². The van der Waals surface area contributed by atoms with Gasteiger partial charge in [-0.2, -0.15) is 0 Å². The molecule has 0 heterocycles. The fourth-order valence-electron chi connectivity index (χ4n) is 3.34. The summed E-state index contributed by atoms with van der Waals surface area (Å²) in [4.78, 5) is 2.23. The molecule has 2 aliphatic carbocycles. The Morgan fingerprint density at radius 1 is 1.24 bits per heavy atom. The van der Waals surface area contributed by atoms with Crippen LogP contribution in [0.1, 0.15) is 38.5 Å². The molecule has 3 heteroatoms. The van der Waals surface area contributed by atoms with Crippen LogP contribution in [-0.2, 0) is 0 Å². The van der Waals surface area contributed by atoms with Gasteiger partial charge in [0.25, 0.3) is 0 Å². The molecule has 0 spiro atoms. The molecule has 0 bridgehead atoms. The summed E-state index contributed by atoms with van der Waals surface area (Å²) < 4.78 is 0. The van der Waals surface area contributed by atoms with Crippen molar-refractivity contribution in [3.63, 3.8) is 0 Å². The second kappa shape index (κ2) is 5.68. The van der Waals surface area contributed by atoms with E-state index in [1.807, 2.05) is 0 Å². The summed E-state index contributed by atoms with van der Waals surface area (Å²) in [5.74, 6) is 2.00. The van der Waals surface area contributed by atoms with E-state index in [0.717, 1.165) is 31.5 Å². The highest BCUT2D eigenvalue weighted by molar-refractivity contribution is 4.98. The zero-order valence-electron chi connectivity index (χ0n) is 11.5. The summed E-state index contributed by atoms with van der Waals surface area (Å²) >= 11 is 0. The van der Waals surface area contributed by atoms with Gasteiger partial charge in [0.2, 0.25) is 0 Å². The average molecular weight is 239 g/mol. The minimum atomic E-state index is 0.252. The van der Waals surface area contributed by atoms with Gasteiger partial charge >= 0.3 is 0 Å². The smallest absolute Gasteiger partial charge is 0.0307 e. The number of nitrogens with two attached hydrogens (primary N) is 1. The van der Waals surface area contributed by atoms with Crippen molar-refractivity contribution in [2.75, 3.05) is 33.7 Å². The Bertz CT molecular complexity index is 238. The second-order valence-corrected chi connectivity index (χ2v) is 6.41. The number of nitrogens with zero attached hydrogens (tertiary/aromatic N) is 1. The van der Waals surface area contributed by atoms with E-state index in [0.29, 0.717) is 0 Å². The third-order valence-electron chi connectivity index (χ3n) is 4.62. The maximum absolute atomic E-state index is 6.06. The monoisotopic (exact) mass is 239 g/mol. The Labute approximate surface area is 106 Å². The zero-order valence-corrected chi connectivity index (χ0v) is 11.5. The first-order valence-electron chi connectivity index (χ1n) is 7.25. The molecule has 0 radical (unpaired) electrons. The predicted octanol–water partition coefficient (Wildman–Crippen LogP) is 1.44. The van der Waals surface area contributed by atoms with Crippen LogP contribution in [0, 0.1) is 11.8 Å². The van der Waals surface area contributed by atoms with Gasteiger partial charge in [-0.3, -0.25) is 0 Å². The summed E-state index contributed by atoms with van der Waals surface area (Å²) in [6.07, 6.45) is 8.36. The van der Waals surface area contributed by atoms with Crippen LogP contribution in [-0.4, -0.2) is 44.2 Å². The Morgan fingerprint density at radius 3 is 2.59 bits per heavy atom. The third kappa shape index (κ3) is 3.67. The van der Waals surface area contributed by atoms with Gasteiger partial charge in [0.1, 0.15) is 0 Å². The number of rotatable bonds is 6. The van der Waals surface area contributed by atoms with E-state index in [4.69, 9.17) is 5.73 Å². The standard InChI is InChI=1S/C14H29N3/c1-17(2)9-8-16-14(11-15)7-3-4-13(10-14)12-5-6-12/h12-13,16H,3-11,15H2,1-2H3. The van der Waals surface area contributed by atoms with Gasteiger partial charge < -0.3 is 16.0 Å². The molecule has 0 saturated heterocycles. The van der Waals surface area contributed by atoms with Crippen LogP contribution in [0.15, 0.2) is 0 Å². The minimum absolute atomic E-state index is 0.252. The molecular weight excluding hydrogens is 210 g/mol. The van der Waals surface area contributed by atoms with E-state index >= 15 is 0 Å². The van der Waals surface area contributed by atoms with Crippen LogP contribution in [0.5, 0.6) is 0 Å². The van der Waals surface area contributed by atoms with Gasteiger partial charge in [0, 0.05) is 25.2 Å². The summed E-state index contributed by atoms with van der Waals surface area (Å²) in [5.41, 5.74) is 6.31. The van der Waals surface area contributed by atoms with Crippen molar-refractivity contribution in [1.82, 2.24) is 10.2 Å². The topological polar surface area (TPSA) is 41.3 Å². The van der Waals surface area contributed by atoms with Crippen molar-refractivity contribution < 1.29 is 0 Å². The second-order valence-electron chi connectivity index (χ2n) is 6.41. The quantitative estimate of drug-likeness (QED) is 0.737. The van der Waals surface area contributed by atoms with Crippen molar-refractivity contribution in [2.24, 2.45) is 17.6 Å². The highest BCUT2D eigenvalue weighted by atomic mass is 15.1. The van der Waals surface area contributed by atoms with E-state index in [9.17, 15) is 0 Å². The zero-order chi connectivity index (χ0) is 12.3. The number of hydrogen-bond acceptors (Lipinski definition) is 3. The highest BCUT2D eigenvalue weighted by Crippen LogP contribution is 2.46. The molecular formula is C14H29N3. The summed E-state index contributed by atoms with van der Waals surface area (Å²) in [5, 5.41) is 3.76. The van der Waals surface area contributed by atoms with Crippen molar-refractivity contribution in [2.45, 2.75) is 44.1 Å². The van der Waals surface area contributed by atoms with Gasteiger partial charge in [-0.05, 0) is 51.6 Å². The summed E-state index contributed by atoms with van der Waals surface area (Å²) in [6, 6.07) is 0. The van der Waals surface area contributed by atoms with E-state index in [1.54, 1.807) is 0 Å². The molecule has 2 atom stereocenters. The lowest BCUT2D eigenvalue weighted by atomic mass is 9.73. The van der Waals surface area contributed by atoms with Gasteiger partial charge in [-0.1, -0.05) is 12.8 Å². The summed E-state index contributed by atoms with van der Waals surface area (Å²) in [6.45, 7) is 2.99. The van der Waals surface area contributed by atoms with Crippen LogP contribution in [0.4, 0.5) is 0 Å². The molecule has 0 aromatic heterocycles. The largest absolute Gasteiger partial charge is 0.329 e. The van der Waals surface area contributed by atoms with Gasteiger partial charge in [0.05, 0.1) is 0 Å². The molecule has 2 saturated carbocycles. The first-order chi connectivity index (χ1) is 8.15. The van der Waals surface area contributed by atoms with E-state index in [1.165, 1.54) is 38.5 Å². The molecule has 3 N–H and O–H groups in total. The molecule has 2 rings (SSSR count). The van der Waals surface area contributed by atoms with Gasteiger partial charge in [-0.15, -0.1) is 0 Å². The highest BCUT2D eigenvalue weighted by Gasteiger charge is 2.40. The Balaban J connectivity index is 1.83. The van der Waals surface area contributed by atoms with E-state index in [2.05, 4.69) is 24.3 Å². The lowest BCUT2D eigenvalue weighted by Crippen LogP contribution is -2.55. The molecule has 0 aromatic rings.